The standard InChI is InChI=1S/C19H21N3O3S2/c1-10-5-6-13-14(8-10)27-17-15(13)18(24)22(9-12-4-3-7-25-12)19(21-17)26-11(2)16(20)23/h3-4,7,10-11H,5-6,8-9H2,1-2H3,(H2,20,23)/t10-,11+/m0/s1. The fourth-order valence-corrected chi connectivity index (χ4v) is 5.69. The number of hydrogen-bond acceptors (Lipinski definition) is 6. The summed E-state index contributed by atoms with van der Waals surface area (Å²) >= 11 is 2.82. The number of thiophene rings is 1. The Morgan fingerprint density at radius 2 is 2.37 bits per heavy atom. The summed E-state index contributed by atoms with van der Waals surface area (Å²) < 4.78 is 7.04. The van der Waals surface area contributed by atoms with Crippen molar-refractivity contribution in [1.29, 1.82) is 0 Å². The Morgan fingerprint density at radius 3 is 3.07 bits per heavy atom. The van der Waals surface area contributed by atoms with Gasteiger partial charge in [-0.25, -0.2) is 4.98 Å². The normalized spacial score (nSPS) is 17.8. The van der Waals surface area contributed by atoms with Gasteiger partial charge in [0.2, 0.25) is 5.91 Å². The Labute approximate surface area is 164 Å². The summed E-state index contributed by atoms with van der Waals surface area (Å²) in [5, 5.41) is 0.748. The molecular weight excluding hydrogens is 382 g/mol. The molecule has 2 atom stereocenters. The van der Waals surface area contributed by atoms with Gasteiger partial charge < -0.3 is 10.2 Å². The van der Waals surface area contributed by atoms with E-state index in [1.807, 2.05) is 6.07 Å². The zero-order chi connectivity index (χ0) is 19.1. The predicted octanol–water partition coefficient (Wildman–Crippen LogP) is 3.19. The average Bonchev–Trinajstić information content (AvgIpc) is 3.24. The maximum atomic E-state index is 13.4. The summed E-state index contributed by atoms with van der Waals surface area (Å²) in [5.74, 6) is 0.863. The van der Waals surface area contributed by atoms with Gasteiger partial charge in [0.1, 0.15) is 10.6 Å². The Kier molecular flexibility index (Phi) is 4.86. The molecule has 27 heavy (non-hydrogen) atoms. The largest absolute Gasteiger partial charge is 0.467 e. The zero-order valence-electron chi connectivity index (χ0n) is 15.2. The van der Waals surface area contributed by atoms with Gasteiger partial charge in [0, 0.05) is 4.88 Å². The van der Waals surface area contributed by atoms with Gasteiger partial charge in [-0.3, -0.25) is 14.2 Å². The maximum Gasteiger partial charge on any atom is 0.263 e. The number of furan rings is 1. The Bertz CT molecular complexity index is 1050. The molecule has 3 aromatic heterocycles. The summed E-state index contributed by atoms with van der Waals surface area (Å²) in [6.45, 7) is 4.25. The predicted molar refractivity (Wildman–Crippen MR) is 107 cm³/mol. The number of fused-ring (bicyclic) bond motifs is 3. The fraction of sp³-hybridized carbons (Fsp3) is 0.421. The smallest absolute Gasteiger partial charge is 0.263 e. The van der Waals surface area contributed by atoms with Gasteiger partial charge in [0.15, 0.2) is 5.16 Å². The van der Waals surface area contributed by atoms with Gasteiger partial charge >= 0.3 is 0 Å². The van der Waals surface area contributed by atoms with Crippen molar-refractivity contribution < 1.29 is 9.21 Å². The van der Waals surface area contributed by atoms with Crippen molar-refractivity contribution >= 4 is 39.2 Å². The van der Waals surface area contributed by atoms with Crippen molar-refractivity contribution in [2.24, 2.45) is 11.7 Å². The molecule has 0 spiro atoms. The Morgan fingerprint density at radius 1 is 1.56 bits per heavy atom. The van der Waals surface area contributed by atoms with Crippen molar-refractivity contribution in [2.75, 3.05) is 0 Å². The highest BCUT2D eigenvalue weighted by Crippen LogP contribution is 2.37. The summed E-state index contributed by atoms with van der Waals surface area (Å²) in [5.41, 5.74) is 6.51. The lowest BCUT2D eigenvalue weighted by Gasteiger charge is -2.18. The van der Waals surface area contributed by atoms with E-state index in [1.165, 1.54) is 16.6 Å². The Balaban J connectivity index is 1.88. The van der Waals surface area contributed by atoms with Crippen LogP contribution in [0.15, 0.2) is 32.8 Å². The molecule has 3 heterocycles. The molecule has 0 aromatic carbocycles. The SMILES string of the molecule is C[C@H]1CCc2c(sc3nc(S[C@H](C)C(N)=O)n(Cc4ccco4)c(=O)c23)C1. The highest BCUT2D eigenvalue weighted by Gasteiger charge is 2.26. The van der Waals surface area contributed by atoms with Crippen molar-refractivity contribution in [3.8, 4) is 0 Å². The monoisotopic (exact) mass is 403 g/mol. The third-order valence-corrected chi connectivity index (χ3v) is 7.21. The van der Waals surface area contributed by atoms with Gasteiger partial charge in [-0.2, -0.15) is 0 Å². The number of rotatable bonds is 5. The van der Waals surface area contributed by atoms with Crippen LogP contribution in [0.5, 0.6) is 0 Å². The van der Waals surface area contributed by atoms with Crippen LogP contribution in [0.3, 0.4) is 0 Å². The first-order chi connectivity index (χ1) is 12.9. The number of hydrogen-bond donors (Lipinski definition) is 1. The lowest BCUT2D eigenvalue weighted by atomic mass is 9.89. The summed E-state index contributed by atoms with van der Waals surface area (Å²) in [6, 6.07) is 3.62. The number of aromatic nitrogens is 2. The van der Waals surface area contributed by atoms with Crippen LogP contribution in [-0.2, 0) is 24.2 Å². The van der Waals surface area contributed by atoms with E-state index in [2.05, 4.69) is 6.92 Å². The minimum atomic E-state index is -0.480. The zero-order valence-corrected chi connectivity index (χ0v) is 16.9. The molecule has 4 rings (SSSR count). The molecule has 1 aliphatic rings. The third kappa shape index (κ3) is 3.43. The molecule has 0 unspecified atom stereocenters. The molecule has 1 aliphatic carbocycles. The first kappa shape index (κ1) is 18.3. The topological polar surface area (TPSA) is 91.1 Å². The number of thioether (sulfide) groups is 1. The summed E-state index contributed by atoms with van der Waals surface area (Å²) in [4.78, 5) is 31.7. The second-order valence-corrected chi connectivity index (χ2v) is 9.45. The number of carbonyl (C=O) groups excluding carboxylic acids is 1. The number of amides is 1. The molecule has 6 nitrogen and oxygen atoms in total. The summed E-state index contributed by atoms with van der Waals surface area (Å²) in [6.07, 6.45) is 4.58. The fourth-order valence-electron chi connectivity index (χ4n) is 3.41. The van der Waals surface area contributed by atoms with Crippen molar-refractivity contribution in [3.63, 3.8) is 0 Å². The second-order valence-electron chi connectivity index (χ2n) is 7.06. The second kappa shape index (κ2) is 7.16. The van der Waals surface area contributed by atoms with E-state index in [4.69, 9.17) is 15.1 Å². The van der Waals surface area contributed by atoms with Crippen LogP contribution < -0.4 is 11.3 Å². The number of aryl methyl sites for hydroxylation is 1. The number of nitrogens with zero attached hydrogens (tertiary/aromatic N) is 2. The molecular formula is C19H21N3O3S2. The highest BCUT2D eigenvalue weighted by molar-refractivity contribution is 8.00. The van der Waals surface area contributed by atoms with Crippen LogP contribution in [0.2, 0.25) is 0 Å². The maximum absolute atomic E-state index is 13.4. The van der Waals surface area contributed by atoms with E-state index >= 15 is 0 Å². The number of carbonyl (C=O) groups is 1. The molecule has 142 valence electrons. The average molecular weight is 404 g/mol. The van der Waals surface area contributed by atoms with E-state index in [0.29, 0.717) is 16.8 Å². The Hall–Kier alpha value is -2.06. The van der Waals surface area contributed by atoms with E-state index < -0.39 is 11.2 Å². The lowest BCUT2D eigenvalue weighted by Crippen LogP contribution is -2.27. The molecule has 0 saturated carbocycles. The van der Waals surface area contributed by atoms with Crippen LogP contribution in [-0.4, -0.2) is 20.7 Å². The molecule has 0 radical (unpaired) electrons. The lowest BCUT2D eigenvalue weighted by molar-refractivity contribution is -0.117. The van der Waals surface area contributed by atoms with E-state index in [1.54, 1.807) is 35.2 Å². The molecule has 8 heteroatoms. The van der Waals surface area contributed by atoms with Crippen LogP contribution >= 0.6 is 23.1 Å². The van der Waals surface area contributed by atoms with Gasteiger partial charge in [-0.15, -0.1) is 11.3 Å². The van der Waals surface area contributed by atoms with Gasteiger partial charge in [-0.1, -0.05) is 18.7 Å². The van der Waals surface area contributed by atoms with Gasteiger partial charge in [0.25, 0.3) is 5.56 Å². The molecule has 0 fully saturated rings. The number of nitrogens with two attached hydrogens (primary N) is 1. The van der Waals surface area contributed by atoms with E-state index in [-0.39, 0.29) is 12.1 Å². The van der Waals surface area contributed by atoms with Gasteiger partial charge in [-0.05, 0) is 49.8 Å². The molecule has 3 aromatic rings. The van der Waals surface area contributed by atoms with E-state index in [0.717, 1.165) is 35.0 Å². The summed E-state index contributed by atoms with van der Waals surface area (Å²) in [7, 11) is 0. The van der Waals surface area contributed by atoms with Crippen molar-refractivity contribution in [2.45, 2.75) is 50.1 Å². The van der Waals surface area contributed by atoms with Crippen LogP contribution in [0.4, 0.5) is 0 Å². The van der Waals surface area contributed by atoms with E-state index in [9.17, 15) is 9.59 Å². The van der Waals surface area contributed by atoms with Crippen LogP contribution in [0.1, 0.15) is 36.5 Å². The molecule has 0 aliphatic heterocycles. The third-order valence-electron chi connectivity index (χ3n) is 4.96. The first-order valence-corrected chi connectivity index (χ1v) is 10.7. The minimum Gasteiger partial charge on any atom is -0.467 e. The molecule has 1 amide bonds. The first-order valence-electron chi connectivity index (χ1n) is 8.97. The van der Waals surface area contributed by atoms with Crippen LogP contribution in [0, 0.1) is 5.92 Å². The molecule has 2 N–H and O–H groups in total. The van der Waals surface area contributed by atoms with Crippen molar-refractivity contribution in [3.05, 3.63) is 45.0 Å². The molecule has 0 bridgehead atoms. The minimum absolute atomic E-state index is 0.0670. The highest BCUT2D eigenvalue weighted by atomic mass is 32.2. The molecule has 0 saturated heterocycles. The van der Waals surface area contributed by atoms with Gasteiger partial charge in [0.05, 0.1) is 23.4 Å². The number of primary amides is 1. The quantitative estimate of drug-likeness (QED) is 0.522. The van der Waals surface area contributed by atoms with Crippen LogP contribution in [0.25, 0.3) is 10.2 Å². The van der Waals surface area contributed by atoms with Crippen molar-refractivity contribution in [1.82, 2.24) is 9.55 Å².